The number of rotatable bonds is 4. The van der Waals surface area contributed by atoms with Crippen molar-refractivity contribution in [2.75, 3.05) is 5.75 Å². The molecule has 2 heteroatoms. The minimum atomic E-state index is 0.370. The molecule has 1 nitrogen and oxygen atoms in total. The lowest BCUT2D eigenvalue weighted by Gasteiger charge is -2.03. The fourth-order valence-electron chi connectivity index (χ4n) is 0.554. The molecule has 0 aromatic rings. The molecular formula is C10H17NS. The van der Waals surface area contributed by atoms with Gasteiger partial charge in [-0.15, -0.1) is 6.42 Å². The second-order valence-electron chi connectivity index (χ2n) is 3.47. The van der Waals surface area contributed by atoms with Crippen molar-refractivity contribution in [2.45, 2.75) is 27.7 Å². The lowest BCUT2D eigenvalue weighted by molar-refractivity contribution is 0.750. The van der Waals surface area contributed by atoms with Gasteiger partial charge in [-0.2, -0.15) is 0 Å². The molecule has 12 heavy (non-hydrogen) atoms. The highest BCUT2D eigenvalue weighted by Crippen LogP contribution is 2.11. The molecule has 0 unspecified atom stereocenters. The Labute approximate surface area is 80.2 Å². The van der Waals surface area contributed by atoms with Gasteiger partial charge in [0.25, 0.3) is 0 Å². The molecule has 0 radical (unpaired) electrons. The third-order valence-electron chi connectivity index (χ3n) is 1.27. The minimum absolute atomic E-state index is 0.370. The molecule has 0 saturated carbocycles. The molecular weight excluding hydrogens is 166 g/mol. The van der Waals surface area contributed by atoms with Crippen LogP contribution in [0, 0.1) is 24.2 Å². The van der Waals surface area contributed by atoms with E-state index in [0.29, 0.717) is 11.8 Å². The first kappa shape index (κ1) is 11.6. The van der Waals surface area contributed by atoms with Crippen molar-refractivity contribution < 1.29 is 0 Å². The minimum Gasteiger partial charge on any atom is -0.212 e. The zero-order chi connectivity index (χ0) is 9.56. The Balaban J connectivity index is 3.89. The Morgan fingerprint density at radius 1 is 1.42 bits per heavy atom. The summed E-state index contributed by atoms with van der Waals surface area (Å²) in [5.41, 5.74) is 0.862. The Morgan fingerprint density at radius 3 is 2.33 bits per heavy atom. The molecule has 0 aliphatic rings. The highest BCUT2D eigenvalue weighted by atomic mass is 32.2. The van der Waals surface area contributed by atoms with Crippen LogP contribution >= 0.6 is 11.9 Å². The largest absolute Gasteiger partial charge is 0.212 e. The summed E-state index contributed by atoms with van der Waals surface area (Å²) >= 11 is 1.57. The van der Waals surface area contributed by atoms with Crippen LogP contribution in [0.15, 0.2) is 4.40 Å². The monoisotopic (exact) mass is 183 g/mol. The van der Waals surface area contributed by atoms with Gasteiger partial charge in [-0.05, 0) is 17.9 Å². The van der Waals surface area contributed by atoms with E-state index in [4.69, 9.17) is 6.42 Å². The van der Waals surface area contributed by atoms with E-state index in [0.717, 1.165) is 11.5 Å². The van der Waals surface area contributed by atoms with E-state index in [1.807, 2.05) is 0 Å². The number of hydrogen-bond acceptors (Lipinski definition) is 2. The van der Waals surface area contributed by atoms with E-state index >= 15 is 0 Å². The van der Waals surface area contributed by atoms with Crippen LogP contribution in [0.1, 0.15) is 27.7 Å². The van der Waals surface area contributed by atoms with Gasteiger partial charge in [-0.25, -0.2) is 4.40 Å². The number of nitrogens with zero attached hydrogens (tertiary/aromatic N) is 1. The summed E-state index contributed by atoms with van der Waals surface area (Å²) in [7, 11) is 0. The first-order chi connectivity index (χ1) is 5.57. The van der Waals surface area contributed by atoms with Gasteiger partial charge in [-0.1, -0.05) is 33.6 Å². The van der Waals surface area contributed by atoms with Gasteiger partial charge >= 0.3 is 0 Å². The maximum Gasteiger partial charge on any atom is 0.100 e. The van der Waals surface area contributed by atoms with E-state index in [1.165, 1.54) is 0 Å². The van der Waals surface area contributed by atoms with Crippen molar-refractivity contribution in [2.24, 2.45) is 16.2 Å². The van der Waals surface area contributed by atoms with Crippen LogP contribution in [0.4, 0.5) is 0 Å². The maximum absolute atomic E-state index is 5.30. The highest BCUT2D eigenvalue weighted by molar-refractivity contribution is 7.98. The van der Waals surface area contributed by atoms with Crippen molar-refractivity contribution in [3.05, 3.63) is 0 Å². The molecule has 0 aromatic heterocycles. The predicted octanol–water partition coefficient (Wildman–Crippen LogP) is 3.02. The average Bonchev–Trinajstić information content (AvgIpc) is 1.96. The molecule has 0 N–H and O–H groups in total. The fourth-order valence-corrected chi connectivity index (χ4v) is 1.33. The fraction of sp³-hybridized carbons (Fsp3) is 0.700. The van der Waals surface area contributed by atoms with E-state index in [-0.39, 0.29) is 0 Å². The summed E-state index contributed by atoms with van der Waals surface area (Å²) in [5.74, 6) is 4.69. The Kier molecular flexibility index (Phi) is 5.92. The van der Waals surface area contributed by atoms with E-state index in [1.54, 1.807) is 11.9 Å². The summed E-state index contributed by atoms with van der Waals surface area (Å²) in [4.78, 5) is 0. The van der Waals surface area contributed by atoms with Gasteiger partial charge < -0.3 is 0 Å². The summed E-state index contributed by atoms with van der Waals surface area (Å²) in [5, 5.41) is 0. The van der Waals surface area contributed by atoms with Gasteiger partial charge in [0.05, 0.1) is 0 Å². The van der Waals surface area contributed by atoms with Crippen LogP contribution in [-0.2, 0) is 0 Å². The summed E-state index contributed by atoms with van der Waals surface area (Å²) in [6.45, 7) is 8.48. The van der Waals surface area contributed by atoms with Crippen molar-refractivity contribution >= 4 is 17.7 Å². The van der Waals surface area contributed by atoms with Crippen LogP contribution < -0.4 is 0 Å². The van der Waals surface area contributed by atoms with Crippen LogP contribution in [0.2, 0.25) is 0 Å². The third-order valence-corrected chi connectivity index (χ3v) is 2.41. The zero-order valence-corrected chi connectivity index (χ0v) is 9.11. The quantitative estimate of drug-likeness (QED) is 0.371. The van der Waals surface area contributed by atoms with Crippen molar-refractivity contribution in [3.8, 4) is 12.3 Å². The van der Waals surface area contributed by atoms with Crippen LogP contribution in [0.5, 0.6) is 0 Å². The Bertz CT molecular complexity index is 187. The zero-order valence-electron chi connectivity index (χ0n) is 8.29. The molecule has 0 saturated heterocycles. The second-order valence-corrected chi connectivity index (χ2v) is 4.24. The van der Waals surface area contributed by atoms with Crippen molar-refractivity contribution in [3.63, 3.8) is 0 Å². The van der Waals surface area contributed by atoms with Crippen LogP contribution in [-0.4, -0.2) is 11.5 Å². The van der Waals surface area contributed by atoms with E-state index in [2.05, 4.69) is 38.0 Å². The predicted molar refractivity (Wildman–Crippen MR) is 58.4 cm³/mol. The standard InChI is InChI=1S/C10H17NS/c1-6-10(9(4)5)11-12-7-8(2)3/h1,8-9H,7H2,2-5H3. The molecule has 0 atom stereocenters. The van der Waals surface area contributed by atoms with Gasteiger partial charge in [-0.3, -0.25) is 0 Å². The lowest BCUT2D eigenvalue weighted by Crippen LogP contribution is -2.03. The van der Waals surface area contributed by atoms with Gasteiger partial charge in [0, 0.05) is 11.7 Å². The number of terminal acetylenes is 1. The van der Waals surface area contributed by atoms with Gasteiger partial charge in [0.15, 0.2) is 0 Å². The lowest BCUT2D eigenvalue weighted by atomic mass is 10.1. The van der Waals surface area contributed by atoms with E-state index < -0.39 is 0 Å². The Morgan fingerprint density at radius 2 is 2.00 bits per heavy atom. The smallest absolute Gasteiger partial charge is 0.100 e. The van der Waals surface area contributed by atoms with Crippen LogP contribution in [0.3, 0.4) is 0 Å². The summed E-state index contributed by atoms with van der Waals surface area (Å²) in [6, 6.07) is 0. The maximum atomic E-state index is 5.30. The first-order valence-corrected chi connectivity index (χ1v) is 5.18. The molecule has 0 heterocycles. The number of hydrogen-bond donors (Lipinski definition) is 0. The molecule has 68 valence electrons. The second kappa shape index (κ2) is 6.14. The molecule has 0 rings (SSSR count). The molecule has 0 spiro atoms. The third kappa shape index (κ3) is 5.26. The molecule has 0 aliphatic carbocycles. The SMILES string of the molecule is C#CC(=NSCC(C)C)C(C)C. The molecule has 0 bridgehead atoms. The average molecular weight is 183 g/mol. The molecule has 0 fully saturated rings. The van der Waals surface area contributed by atoms with Gasteiger partial charge in [0.2, 0.25) is 0 Å². The summed E-state index contributed by atoms with van der Waals surface area (Å²) in [6.07, 6.45) is 5.30. The van der Waals surface area contributed by atoms with E-state index in [9.17, 15) is 0 Å². The highest BCUT2D eigenvalue weighted by Gasteiger charge is 2.01. The topological polar surface area (TPSA) is 12.4 Å². The normalized spacial score (nSPS) is 12.2. The van der Waals surface area contributed by atoms with Gasteiger partial charge in [0.1, 0.15) is 5.71 Å². The molecule has 0 aromatic carbocycles. The summed E-state index contributed by atoms with van der Waals surface area (Å²) < 4.78 is 4.28. The molecule has 0 amide bonds. The first-order valence-electron chi connectivity index (χ1n) is 4.24. The van der Waals surface area contributed by atoms with Crippen molar-refractivity contribution in [1.29, 1.82) is 0 Å². The van der Waals surface area contributed by atoms with Crippen molar-refractivity contribution in [1.82, 2.24) is 0 Å². The Hall–Kier alpha value is -0.420. The van der Waals surface area contributed by atoms with Crippen LogP contribution in [0.25, 0.3) is 0 Å². The molecule has 0 aliphatic heterocycles.